The number of rotatable bonds is 5. The molecule has 176 valence electrons. The minimum atomic E-state index is -0.318. The van der Waals surface area contributed by atoms with Gasteiger partial charge in [-0.2, -0.15) is 4.98 Å². The average molecular weight is 503 g/mol. The van der Waals surface area contributed by atoms with Crippen molar-refractivity contribution in [2.45, 2.75) is 26.8 Å². The van der Waals surface area contributed by atoms with Crippen LogP contribution in [0.3, 0.4) is 0 Å². The molecule has 7 nitrogen and oxygen atoms in total. The zero-order valence-corrected chi connectivity index (χ0v) is 21.0. The fourth-order valence-corrected chi connectivity index (χ4v) is 5.22. The maximum atomic E-state index is 13.7. The SMILES string of the molecule is Cc1nc(-c2cnc(N)nc2N[C@@H](C)c2cc3cccc(Cl)c3c(=O)n2-c2ccccc2)sc1C. The normalized spacial score (nSPS) is 12.1. The molecule has 35 heavy (non-hydrogen) atoms. The summed E-state index contributed by atoms with van der Waals surface area (Å²) in [7, 11) is 0. The molecule has 0 aliphatic heterocycles. The highest BCUT2D eigenvalue weighted by molar-refractivity contribution is 7.15. The molecule has 0 bridgehead atoms. The highest BCUT2D eigenvalue weighted by Crippen LogP contribution is 2.34. The second-order valence-electron chi connectivity index (χ2n) is 8.27. The molecule has 0 saturated heterocycles. The Morgan fingerprint density at radius 2 is 1.86 bits per heavy atom. The molecule has 3 N–H and O–H groups in total. The molecule has 0 amide bonds. The van der Waals surface area contributed by atoms with Gasteiger partial charge in [0.1, 0.15) is 10.8 Å². The summed E-state index contributed by atoms with van der Waals surface area (Å²) in [6, 6.07) is 16.6. The largest absolute Gasteiger partial charge is 0.368 e. The van der Waals surface area contributed by atoms with Gasteiger partial charge in [-0.3, -0.25) is 9.36 Å². The van der Waals surface area contributed by atoms with Crippen LogP contribution < -0.4 is 16.6 Å². The number of anilines is 2. The topological polar surface area (TPSA) is 98.7 Å². The van der Waals surface area contributed by atoms with Crippen molar-refractivity contribution in [3.63, 3.8) is 0 Å². The van der Waals surface area contributed by atoms with Gasteiger partial charge >= 0.3 is 0 Å². The van der Waals surface area contributed by atoms with Crippen molar-refractivity contribution in [2.75, 3.05) is 11.1 Å². The number of nitrogens with one attached hydrogen (secondary N) is 1. The molecule has 9 heteroatoms. The standard InChI is InChI=1S/C26H23ClN6OS/c1-14-16(3)35-24(31-14)19-13-29-26(28)32-23(19)30-15(2)21-12-17-8-7-11-20(27)22(17)25(34)33(21)18-9-5-4-6-10-18/h4-13,15H,1-3H3,(H3,28,29,30,32)/t15-/m0/s1. The zero-order chi connectivity index (χ0) is 24.7. The first-order chi connectivity index (χ1) is 16.8. The number of thiazole rings is 1. The number of pyridine rings is 1. The number of aryl methyl sites for hydroxylation is 2. The van der Waals surface area contributed by atoms with E-state index in [4.69, 9.17) is 17.3 Å². The van der Waals surface area contributed by atoms with E-state index in [1.54, 1.807) is 28.2 Å². The van der Waals surface area contributed by atoms with E-state index in [0.717, 1.165) is 37.9 Å². The maximum Gasteiger partial charge on any atom is 0.264 e. The lowest BCUT2D eigenvalue weighted by molar-refractivity contribution is 0.773. The second kappa shape index (κ2) is 9.13. The summed E-state index contributed by atoms with van der Waals surface area (Å²) in [5.41, 5.74) is 8.98. The predicted molar refractivity (Wildman–Crippen MR) is 144 cm³/mol. The Hall–Kier alpha value is -3.75. The van der Waals surface area contributed by atoms with E-state index in [1.165, 1.54) is 0 Å². The van der Waals surface area contributed by atoms with Crippen LogP contribution >= 0.6 is 22.9 Å². The predicted octanol–water partition coefficient (Wildman–Crippen LogP) is 5.93. The fourth-order valence-electron chi connectivity index (χ4n) is 4.03. The molecular formula is C26H23ClN6OS. The van der Waals surface area contributed by atoms with E-state index in [9.17, 15) is 4.79 Å². The molecule has 0 spiro atoms. The molecule has 3 aromatic heterocycles. The number of aromatic nitrogens is 4. The number of fused-ring (bicyclic) bond motifs is 1. The van der Waals surface area contributed by atoms with Gasteiger partial charge in [0.15, 0.2) is 0 Å². The van der Waals surface area contributed by atoms with Crippen LogP contribution in [0.1, 0.15) is 29.2 Å². The summed E-state index contributed by atoms with van der Waals surface area (Å²) in [5, 5.41) is 5.93. The van der Waals surface area contributed by atoms with Crippen molar-refractivity contribution < 1.29 is 0 Å². The van der Waals surface area contributed by atoms with Gasteiger partial charge in [0, 0.05) is 22.5 Å². The monoisotopic (exact) mass is 502 g/mol. The number of para-hydroxylation sites is 1. The third kappa shape index (κ3) is 4.26. The summed E-state index contributed by atoms with van der Waals surface area (Å²) >= 11 is 8.01. The first-order valence-electron chi connectivity index (χ1n) is 11.1. The molecule has 2 aromatic carbocycles. The van der Waals surface area contributed by atoms with Gasteiger partial charge in [-0.05, 0) is 50.4 Å². The molecule has 0 fully saturated rings. The van der Waals surface area contributed by atoms with Crippen LogP contribution in [0.2, 0.25) is 5.02 Å². The molecule has 0 aliphatic carbocycles. The van der Waals surface area contributed by atoms with Crippen LogP contribution in [-0.4, -0.2) is 19.5 Å². The molecule has 5 aromatic rings. The highest BCUT2D eigenvalue weighted by Gasteiger charge is 2.21. The summed E-state index contributed by atoms with van der Waals surface area (Å²) in [5.74, 6) is 0.705. The summed E-state index contributed by atoms with van der Waals surface area (Å²) < 4.78 is 1.69. The Kier molecular flexibility index (Phi) is 6.00. The lowest BCUT2D eigenvalue weighted by atomic mass is 10.1. The Labute approximate surface area is 211 Å². The highest BCUT2D eigenvalue weighted by atomic mass is 35.5. The van der Waals surface area contributed by atoms with E-state index in [1.807, 2.05) is 69.3 Å². The summed E-state index contributed by atoms with van der Waals surface area (Å²) in [4.78, 5) is 28.2. The number of nitrogens with two attached hydrogens (primary N) is 1. The van der Waals surface area contributed by atoms with Gasteiger partial charge in [0.2, 0.25) is 5.95 Å². The van der Waals surface area contributed by atoms with E-state index in [2.05, 4.69) is 20.3 Å². The van der Waals surface area contributed by atoms with Crippen LogP contribution in [0.4, 0.5) is 11.8 Å². The van der Waals surface area contributed by atoms with Crippen LogP contribution in [0.25, 0.3) is 27.0 Å². The molecule has 0 radical (unpaired) electrons. The van der Waals surface area contributed by atoms with E-state index >= 15 is 0 Å². The van der Waals surface area contributed by atoms with Gasteiger partial charge in [-0.25, -0.2) is 9.97 Å². The molecule has 0 unspecified atom stereocenters. The third-order valence-electron chi connectivity index (χ3n) is 5.90. The van der Waals surface area contributed by atoms with Gasteiger partial charge in [-0.1, -0.05) is 41.9 Å². The van der Waals surface area contributed by atoms with Crippen LogP contribution in [0, 0.1) is 13.8 Å². The number of hydrogen-bond acceptors (Lipinski definition) is 7. The maximum absolute atomic E-state index is 13.7. The first kappa shape index (κ1) is 23.0. The number of hydrogen-bond donors (Lipinski definition) is 2. The number of benzene rings is 2. The van der Waals surface area contributed by atoms with Crippen molar-refractivity contribution in [3.05, 3.63) is 92.4 Å². The van der Waals surface area contributed by atoms with E-state index < -0.39 is 0 Å². The lowest BCUT2D eigenvalue weighted by Crippen LogP contribution is -2.26. The number of halogens is 1. The van der Waals surface area contributed by atoms with Crippen molar-refractivity contribution in [2.24, 2.45) is 0 Å². The molecule has 0 saturated carbocycles. The number of nitrogens with zero attached hydrogens (tertiary/aromatic N) is 4. The smallest absolute Gasteiger partial charge is 0.264 e. The Balaban J connectivity index is 1.67. The van der Waals surface area contributed by atoms with Gasteiger partial charge in [-0.15, -0.1) is 11.3 Å². The summed E-state index contributed by atoms with van der Waals surface area (Å²) in [6.45, 7) is 5.98. The Morgan fingerprint density at radius 1 is 1.09 bits per heavy atom. The van der Waals surface area contributed by atoms with E-state index in [-0.39, 0.29) is 17.5 Å². The second-order valence-corrected chi connectivity index (χ2v) is 9.88. The molecule has 5 rings (SSSR count). The Bertz CT molecular complexity index is 1590. The van der Waals surface area contributed by atoms with Crippen molar-refractivity contribution in [1.82, 2.24) is 19.5 Å². The van der Waals surface area contributed by atoms with Gasteiger partial charge in [0.25, 0.3) is 5.56 Å². The number of nitrogen functional groups attached to an aromatic ring is 1. The summed E-state index contributed by atoms with van der Waals surface area (Å²) in [6.07, 6.45) is 1.68. The fraction of sp³-hybridized carbons (Fsp3) is 0.154. The van der Waals surface area contributed by atoms with Gasteiger partial charge < -0.3 is 11.1 Å². The van der Waals surface area contributed by atoms with Crippen molar-refractivity contribution in [3.8, 4) is 16.3 Å². The van der Waals surface area contributed by atoms with E-state index in [0.29, 0.717) is 16.2 Å². The third-order valence-corrected chi connectivity index (χ3v) is 7.32. The molecule has 0 aliphatic rings. The van der Waals surface area contributed by atoms with Crippen LogP contribution in [-0.2, 0) is 0 Å². The minimum Gasteiger partial charge on any atom is -0.368 e. The van der Waals surface area contributed by atoms with Gasteiger partial charge in [0.05, 0.1) is 27.7 Å². The zero-order valence-electron chi connectivity index (χ0n) is 19.4. The van der Waals surface area contributed by atoms with Crippen molar-refractivity contribution in [1.29, 1.82) is 0 Å². The molecule has 1 atom stereocenters. The average Bonchev–Trinajstić information content (AvgIpc) is 3.17. The minimum absolute atomic E-state index is 0.152. The first-order valence-corrected chi connectivity index (χ1v) is 12.3. The van der Waals surface area contributed by atoms with Crippen LogP contribution in [0.15, 0.2) is 65.6 Å². The van der Waals surface area contributed by atoms with Crippen molar-refractivity contribution >= 4 is 45.5 Å². The molecular weight excluding hydrogens is 480 g/mol. The molecule has 3 heterocycles. The van der Waals surface area contributed by atoms with Crippen LogP contribution in [0.5, 0.6) is 0 Å². The lowest BCUT2D eigenvalue weighted by Gasteiger charge is -2.22. The quantitative estimate of drug-likeness (QED) is 0.309. The Morgan fingerprint density at radius 3 is 2.57 bits per heavy atom.